The molecule has 1 aliphatic heterocycles. The standard InChI is InChI=1S/C7H14OP/c1-2-5-9(8)6-3-4-7-9/h2,8H,1,3-7H2. The molecule has 0 aliphatic carbocycles. The molecule has 2 heteroatoms. The lowest BCUT2D eigenvalue weighted by molar-refractivity contribution is 0.609. The fraction of sp³-hybridized carbons (Fsp3) is 0.714. The van der Waals surface area contributed by atoms with Crippen LogP contribution in [0.1, 0.15) is 12.8 Å². The Balaban J connectivity index is 2.40. The van der Waals surface area contributed by atoms with Gasteiger partial charge in [-0.05, 0) is 32.7 Å². The van der Waals surface area contributed by atoms with Crippen molar-refractivity contribution in [3.63, 3.8) is 0 Å². The Morgan fingerprint density at radius 2 is 2.00 bits per heavy atom. The van der Waals surface area contributed by atoms with Crippen molar-refractivity contribution >= 4 is 7.49 Å². The zero-order chi connectivity index (χ0) is 6.74. The highest BCUT2D eigenvalue weighted by Crippen LogP contribution is 2.59. The third-order valence-corrected chi connectivity index (χ3v) is 5.10. The van der Waals surface area contributed by atoms with Crippen molar-refractivity contribution in [2.75, 3.05) is 18.5 Å². The first kappa shape index (κ1) is 7.24. The molecule has 0 aromatic carbocycles. The van der Waals surface area contributed by atoms with Gasteiger partial charge in [-0.2, -0.15) is 0 Å². The summed E-state index contributed by atoms with van der Waals surface area (Å²) in [6, 6.07) is 0. The van der Waals surface area contributed by atoms with Gasteiger partial charge < -0.3 is 4.89 Å². The molecule has 53 valence electrons. The summed E-state index contributed by atoms with van der Waals surface area (Å²) in [6.07, 6.45) is 7.38. The van der Waals surface area contributed by atoms with E-state index in [9.17, 15) is 4.89 Å². The van der Waals surface area contributed by atoms with E-state index in [1.54, 1.807) is 0 Å². The normalized spacial score (nSPS) is 24.1. The molecule has 0 unspecified atom stereocenters. The van der Waals surface area contributed by atoms with E-state index >= 15 is 0 Å². The quantitative estimate of drug-likeness (QED) is 0.464. The molecule has 1 fully saturated rings. The fourth-order valence-electron chi connectivity index (χ4n) is 1.35. The minimum Gasteiger partial charge on any atom is -0.380 e. The highest BCUT2D eigenvalue weighted by molar-refractivity contribution is 7.70. The van der Waals surface area contributed by atoms with Crippen molar-refractivity contribution in [1.82, 2.24) is 0 Å². The number of hydrogen-bond donors (Lipinski definition) is 1. The predicted octanol–water partition coefficient (Wildman–Crippen LogP) is 1.89. The SMILES string of the molecule is C=CC[P]1(O)CCCC1. The summed E-state index contributed by atoms with van der Waals surface area (Å²) in [5, 5.41) is 0. The lowest BCUT2D eigenvalue weighted by Crippen LogP contribution is -1.96. The Morgan fingerprint density at radius 3 is 2.44 bits per heavy atom. The molecule has 0 aromatic heterocycles. The maximum Gasteiger partial charge on any atom is 0.00411 e. The first-order chi connectivity index (χ1) is 4.27. The van der Waals surface area contributed by atoms with E-state index in [2.05, 4.69) is 6.58 Å². The molecule has 1 N–H and O–H groups in total. The van der Waals surface area contributed by atoms with Crippen molar-refractivity contribution < 1.29 is 4.89 Å². The molecular formula is C7H14OP. The molecule has 1 radical (unpaired) electrons. The van der Waals surface area contributed by atoms with Crippen LogP contribution < -0.4 is 0 Å². The number of rotatable bonds is 2. The lowest BCUT2D eigenvalue weighted by Gasteiger charge is -2.21. The minimum absolute atomic E-state index is 0.882. The smallest absolute Gasteiger partial charge is 0.00411 e. The Labute approximate surface area is 57.2 Å². The summed E-state index contributed by atoms with van der Waals surface area (Å²) in [5.74, 6) is 0. The van der Waals surface area contributed by atoms with Gasteiger partial charge in [0.2, 0.25) is 0 Å². The van der Waals surface area contributed by atoms with Crippen molar-refractivity contribution in [1.29, 1.82) is 0 Å². The van der Waals surface area contributed by atoms with Gasteiger partial charge in [0.1, 0.15) is 0 Å². The largest absolute Gasteiger partial charge is 0.380 e. The third kappa shape index (κ3) is 1.77. The summed E-state index contributed by atoms with van der Waals surface area (Å²) in [6.45, 7) is 3.64. The van der Waals surface area contributed by atoms with Crippen LogP contribution in [-0.2, 0) is 0 Å². The molecular weight excluding hydrogens is 131 g/mol. The fourth-order valence-corrected chi connectivity index (χ4v) is 4.04. The Kier molecular flexibility index (Phi) is 2.26. The topological polar surface area (TPSA) is 20.2 Å². The first-order valence-electron chi connectivity index (χ1n) is 3.47. The molecule has 1 nitrogen and oxygen atoms in total. The summed E-state index contributed by atoms with van der Waals surface area (Å²) in [5.41, 5.74) is 0. The molecule has 1 saturated heterocycles. The molecule has 0 atom stereocenters. The second-order valence-corrected chi connectivity index (χ2v) is 6.17. The first-order valence-corrected chi connectivity index (χ1v) is 5.76. The van der Waals surface area contributed by atoms with Gasteiger partial charge in [-0.15, -0.1) is 6.58 Å². The Bertz CT molecular complexity index is 105. The molecule has 1 heterocycles. The summed E-state index contributed by atoms with van der Waals surface area (Å²) >= 11 is 0. The van der Waals surface area contributed by atoms with Gasteiger partial charge in [-0.3, -0.25) is 0 Å². The van der Waals surface area contributed by atoms with E-state index in [-0.39, 0.29) is 0 Å². The van der Waals surface area contributed by atoms with E-state index in [4.69, 9.17) is 0 Å². The molecule has 0 aromatic rings. The summed E-state index contributed by atoms with van der Waals surface area (Å²) in [7, 11) is -1.44. The van der Waals surface area contributed by atoms with Gasteiger partial charge in [0.05, 0.1) is 0 Å². The van der Waals surface area contributed by atoms with Crippen molar-refractivity contribution in [2.24, 2.45) is 0 Å². The van der Waals surface area contributed by atoms with Crippen LogP contribution in [-0.4, -0.2) is 23.4 Å². The van der Waals surface area contributed by atoms with Gasteiger partial charge in [-0.25, -0.2) is 0 Å². The summed E-state index contributed by atoms with van der Waals surface area (Å²) in [4.78, 5) is 9.73. The monoisotopic (exact) mass is 145 g/mol. The molecule has 0 saturated carbocycles. The van der Waals surface area contributed by atoms with E-state index < -0.39 is 7.49 Å². The average Bonchev–Trinajstić information content (AvgIpc) is 2.16. The average molecular weight is 145 g/mol. The molecule has 0 amide bonds. The van der Waals surface area contributed by atoms with E-state index in [0.717, 1.165) is 18.5 Å². The highest BCUT2D eigenvalue weighted by atomic mass is 31.2. The zero-order valence-corrected chi connectivity index (χ0v) is 6.61. The maximum atomic E-state index is 9.73. The van der Waals surface area contributed by atoms with Crippen molar-refractivity contribution in [3.8, 4) is 0 Å². The summed E-state index contributed by atoms with van der Waals surface area (Å²) < 4.78 is 0. The van der Waals surface area contributed by atoms with Crippen LogP contribution in [0.25, 0.3) is 0 Å². The van der Waals surface area contributed by atoms with Gasteiger partial charge in [0.15, 0.2) is 0 Å². The lowest BCUT2D eigenvalue weighted by atomic mass is 10.4. The van der Waals surface area contributed by atoms with Crippen LogP contribution >= 0.6 is 7.49 Å². The van der Waals surface area contributed by atoms with Crippen LogP contribution in [0.15, 0.2) is 12.7 Å². The van der Waals surface area contributed by atoms with Gasteiger partial charge in [0, 0.05) is 6.16 Å². The molecule has 0 spiro atoms. The van der Waals surface area contributed by atoms with E-state index in [1.807, 2.05) is 6.08 Å². The Hall–Kier alpha value is 0.130. The molecule has 0 bridgehead atoms. The van der Waals surface area contributed by atoms with Crippen LogP contribution in [0, 0.1) is 0 Å². The minimum atomic E-state index is -1.44. The van der Waals surface area contributed by atoms with Gasteiger partial charge in [-0.1, -0.05) is 6.08 Å². The van der Waals surface area contributed by atoms with E-state index in [0.29, 0.717) is 0 Å². The van der Waals surface area contributed by atoms with Crippen LogP contribution in [0.4, 0.5) is 0 Å². The maximum absolute atomic E-state index is 9.73. The van der Waals surface area contributed by atoms with Gasteiger partial charge >= 0.3 is 0 Å². The molecule has 1 aliphatic rings. The number of hydrogen-bond acceptors (Lipinski definition) is 1. The van der Waals surface area contributed by atoms with Crippen LogP contribution in [0.5, 0.6) is 0 Å². The van der Waals surface area contributed by atoms with Crippen LogP contribution in [0.2, 0.25) is 0 Å². The highest BCUT2D eigenvalue weighted by Gasteiger charge is 2.26. The van der Waals surface area contributed by atoms with Crippen molar-refractivity contribution in [3.05, 3.63) is 12.7 Å². The second-order valence-electron chi connectivity index (χ2n) is 2.72. The Morgan fingerprint density at radius 1 is 1.44 bits per heavy atom. The zero-order valence-electron chi connectivity index (χ0n) is 5.71. The number of allylic oxidation sites excluding steroid dienone is 1. The van der Waals surface area contributed by atoms with Gasteiger partial charge in [0.25, 0.3) is 0 Å². The van der Waals surface area contributed by atoms with Crippen LogP contribution in [0.3, 0.4) is 0 Å². The molecule has 9 heavy (non-hydrogen) atoms. The second kappa shape index (κ2) is 2.81. The third-order valence-electron chi connectivity index (χ3n) is 1.87. The van der Waals surface area contributed by atoms with E-state index in [1.165, 1.54) is 12.8 Å². The molecule has 1 rings (SSSR count). The predicted molar refractivity (Wildman–Crippen MR) is 43.2 cm³/mol. The van der Waals surface area contributed by atoms with Crippen molar-refractivity contribution in [2.45, 2.75) is 12.8 Å².